The Morgan fingerprint density at radius 1 is 1.35 bits per heavy atom. The van der Waals surface area contributed by atoms with Crippen molar-refractivity contribution in [1.82, 2.24) is 4.57 Å². The zero-order valence-electron chi connectivity index (χ0n) is 14.3. The molecule has 0 bridgehead atoms. The number of methoxy groups -OCH3 is 1. The van der Waals surface area contributed by atoms with Gasteiger partial charge in [0, 0.05) is 23.6 Å². The van der Waals surface area contributed by atoms with Gasteiger partial charge in [0.1, 0.15) is 0 Å². The Labute approximate surface area is 138 Å². The minimum atomic E-state index is -0.332. The van der Waals surface area contributed by atoms with E-state index in [1.807, 2.05) is 22.8 Å². The molecule has 1 N–H and O–H groups in total. The van der Waals surface area contributed by atoms with Crippen LogP contribution in [0.15, 0.2) is 24.4 Å². The standard InChI is InChI=1S/C19H27NO3/c1-4-5-6-7-14(2)17-13-20(10-11-21)18-12-15(19(22)23-3)8-9-16(17)18/h8-9,12-14,21H,4-7,10-11H2,1-3H3. The van der Waals surface area contributed by atoms with Crippen molar-refractivity contribution in [3.8, 4) is 0 Å². The molecule has 0 aliphatic heterocycles. The van der Waals surface area contributed by atoms with Crippen LogP contribution in [0.2, 0.25) is 0 Å². The fourth-order valence-corrected chi connectivity index (χ4v) is 3.11. The summed E-state index contributed by atoms with van der Waals surface area (Å²) in [4.78, 5) is 11.8. The highest BCUT2D eigenvalue weighted by molar-refractivity contribution is 5.95. The molecule has 23 heavy (non-hydrogen) atoms. The zero-order chi connectivity index (χ0) is 16.8. The Morgan fingerprint density at radius 3 is 2.78 bits per heavy atom. The van der Waals surface area contributed by atoms with Crippen molar-refractivity contribution in [2.75, 3.05) is 13.7 Å². The number of rotatable bonds is 8. The number of aliphatic hydroxyl groups excluding tert-OH is 1. The van der Waals surface area contributed by atoms with Crippen molar-refractivity contribution in [3.05, 3.63) is 35.5 Å². The first-order chi connectivity index (χ1) is 11.1. The lowest BCUT2D eigenvalue weighted by molar-refractivity contribution is 0.0601. The average Bonchev–Trinajstić information content (AvgIpc) is 2.92. The van der Waals surface area contributed by atoms with Crippen LogP contribution in [-0.2, 0) is 11.3 Å². The van der Waals surface area contributed by atoms with Crippen LogP contribution in [0.5, 0.6) is 0 Å². The molecule has 2 rings (SSSR count). The van der Waals surface area contributed by atoms with Gasteiger partial charge in [-0.05, 0) is 30.0 Å². The van der Waals surface area contributed by atoms with Gasteiger partial charge in [-0.1, -0.05) is 39.2 Å². The number of hydrogen-bond donors (Lipinski definition) is 1. The van der Waals surface area contributed by atoms with E-state index in [4.69, 9.17) is 4.74 Å². The molecule has 1 aromatic heterocycles. The summed E-state index contributed by atoms with van der Waals surface area (Å²) in [6, 6.07) is 5.68. The fourth-order valence-electron chi connectivity index (χ4n) is 3.11. The Bertz CT molecular complexity index is 660. The van der Waals surface area contributed by atoms with Crippen molar-refractivity contribution < 1.29 is 14.6 Å². The fraction of sp³-hybridized carbons (Fsp3) is 0.526. The van der Waals surface area contributed by atoms with Crippen LogP contribution in [-0.4, -0.2) is 29.4 Å². The monoisotopic (exact) mass is 317 g/mol. The first-order valence-corrected chi connectivity index (χ1v) is 8.44. The maximum Gasteiger partial charge on any atom is 0.337 e. The highest BCUT2D eigenvalue weighted by atomic mass is 16.5. The molecule has 1 heterocycles. The molecule has 4 heteroatoms. The predicted octanol–water partition coefficient (Wildman–Crippen LogP) is 4.10. The molecule has 0 amide bonds. The molecular formula is C19H27NO3. The quantitative estimate of drug-likeness (QED) is 0.589. The molecule has 0 spiro atoms. The molecule has 2 aromatic rings. The molecule has 0 radical (unpaired) electrons. The van der Waals surface area contributed by atoms with Gasteiger partial charge >= 0.3 is 5.97 Å². The molecule has 1 atom stereocenters. The SMILES string of the molecule is CCCCCC(C)c1cn(CCO)c2cc(C(=O)OC)ccc12. The summed E-state index contributed by atoms with van der Waals surface area (Å²) in [6.07, 6.45) is 6.99. The largest absolute Gasteiger partial charge is 0.465 e. The number of esters is 1. The minimum absolute atomic E-state index is 0.0793. The topological polar surface area (TPSA) is 51.5 Å². The van der Waals surface area contributed by atoms with Crippen LogP contribution in [0.1, 0.15) is 61.4 Å². The highest BCUT2D eigenvalue weighted by Gasteiger charge is 2.16. The molecule has 0 aliphatic rings. The number of fused-ring (bicyclic) bond motifs is 1. The summed E-state index contributed by atoms with van der Waals surface area (Å²) < 4.78 is 6.84. The Kier molecular flexibility index (Phi) is 6.22. The first-order valence-electron chi connectivity index (χ1n) is 8.44. The lowest BCUT2D eigenvalue weighted by atomic mass is 9.94. The van der Waals surface area contributed by atoms with Crippen molar-refractivity contribution in [3.63, 3.8) is 0 Å². The minimum Gasteiger partial charge on any atom is -0.465 e. The second-order valence-corrected chi connectivity index (χ2v) is 6.12. The van der Waals surface area contributed by atoms with Crippen LogP contribution in [0.3, 0.4) is 0 Å². The van der Waals surface area contributed by atoms with Crippen molar-refractivity contribution in [2.45, 2.75) is 52.0 Å². The van der Waals surface area contributed by atoms with Crippen LogP contribution in [0.4, 0.5) is 0 Å². The molecule has 4 nitrogen and oxygen atoms in total. The Balaban J connectivity index is 2.39. The summed E-state index contributed by atoms with van der Waals surface area (Å²) in [7, 11) is 1.39. The molecular weight excluding hydrogens is 290 g/mol. The average molecular weight is 317 g/mol. The number of hydrogen-bond acceptors (Lipinski definition) is 3. The summed E-state index contributed by atoms with van der Waals surface area (Å²) in [5.74, 6) is 0.133. The molecule has 0 fully saturated rings. The van der Waals surface area contributed by atoms with Gasteiger partial charge in [-0.15, -0.1) is 0 Å². The van der Waals surface area contributed by atoms with E-state index < -0.39 is 0 Å². The smallest absolute Gasteiger partial charge is 0.337 e. The lowest BCUT2D eigenvalue weighted by Crippen LogP contribution is -2.03. The maximum atomic E-state index is 11.8. The number of unbranched alkanes of at least 4 members (excludes halogenated alkanes) is 2. The normalized spacial score (nSPS) is 12.5. The first kappa shape index (κ1) is 17.5. The van der Waals surface area contributed by atoms with E-state index in [1.165, 1.54) is 31.9 Å². The number of benzene rings is 1. The van der Waals surface area contributed by atoms with E-state index >= 15 is 0 Å². The Hall–Kier alpha value is -1.81. The maximum absolute atomic E-state index is 11.8. The van der Waals surface area contributed by atoms with Crippen LogP contribution < -0.4 is 0 Å². The molecule has 126 valence electrons. The highest BCUT2D eigenvalue weighted by Crippen LogP contribution is 2.31. The van der Waals surface area contributed by atoms with Crippen molar-refractivity contribution >= 4 is 16.9 Å². The van der Waals surface area contributed by atoms with E-state index in [0.29, 0.717) is 18.0 Å². The molecule has 0 aliphatic carbocycles. The third-order valence-electron chi connectivity index (χ3n) is 4.45. The number of aliphatic hydroxyl groups is 1. The van der Waals surface area contributed by atoms with Gasteiger partial charge in [0.2, 0.25) is 0 Å². The van der Waals surface area contributed by atoms with Crippen molar-refractivity contribution in [1.29, 1.82) is 0 Å². The molecule has 0 saturated carbocycles. The second-order valence-electron chi connectivity index (χ2n) is 6.12. The summed E-state index contributed by atoms with van der Waals surface area (Å²) >= 11 is 0. The van der Waals surface area contributed by atoms with Gasteiger partial charge in [-0.3, -0.25) is 0 Å². The van der Waals surface area contributed by atoms with E-state index in [1.54, 1.807) is 0 Å². The summed E-state index contributed by atoms with van der Waals surface area (Å²) in [5, 5.41) is 10.5. The van der Waals surface area contributed by atoms with Gasteiger partial charge in [0.25, 0.3) is 0 Å². The van der Waals surface area contributed by atoms with E-state index in [-0.39, 0.29) is 12.6 Å². The summed E-state index contributed by atoms with van der Waals surface area (Å²) in [5.41, 5.74) is 2.82. The number of carbonyl (C=O) groups is 1. The summed E-state index contributed by atoms with van der Waals surface area (Å²) in [6.45, 7) is 5.08. The Morgan fingerprint density at radius 2 is 2.13 bits per heavy atom. The van der Waals surface area contributed by atoms with Gasteiger partial charge in [0.05, 0.1) is 19.3 Å². The van der Waals surface area contributed by atoms with Crippen LogP contribution >= 0.6 is 0 Å². The van der Waals surface area contributed by atoms with Gasteiger partial charge in [0.15, 0.2) is 0 Å². The molecule has 1 unspecified atom stereocenters. The van der Waals surface area contributed by atoms with E-state index in [0.717, 1.165) is 17.3 Å². The third kappa shape index (κ3) is 3.94. The van der Waals surface area contributed by atoms with Crippen LogP contribution in [0, 0.1) is 0 Å². The lowest BCUT2D eigenvalue weighted by Gasteiger charge is -2.10. The number of carbonyl (C=O) groups excluding carboxylic acids is 1. The van der Waals surface area contributed by atoms with E-state index in [2.05, 4.69) is 20.0 Å². The number of aromatic nitrogens is 1. The van der Waals surface area contributed by atoms with Gasteiger partial charge < -0.3 is 14.4 Å². The number of ether oxygens (including phenoxy) is 1. The number of nitrogens with zero attached hydrogens (tertiary/aromatic N) is 1. The van der Waals surface area contributed by atoms with Gasteiger partial charge in [-0.2, -0.15) is 0 Å². The second kappa shape index (κ2) is 8.16. The van der Waals surface area contributed by atoms with Gasteiger partial charge in [-0.25, -0.2) is 4.79 Å². The molecule has 0 saturated heterocycles. The van der Waals surface area contributed by atoms with E-state index in [9.17, 15) is 9.90 Å². The van der Waals surface area contributed by atoms with Crippen molar-refractivity contribution in [2.24, 2.45) is 0 Å². The third-order valence-corrected chi connectivity index (χ3v) is 4.45. The molecule has 1 aromatic carbocycles. The zero-order valence-corrected chi connectivity index (χ0v) is 14.3. The van der Waals surface area contributed by atoms with Crippen LogP contribution in [0.25, 0.3) is 10.9 Å². The predicted molar refractivity (Wildman–Crippen MR) is 92.9 cm³/mol.